The molecule has 3 heteroatoms. The molecule has 0 atom stereocenters. The number of carbonyl (C=O) groups excluding carboxylic acids is 1. The molecule has 0 saturated carbocycles. The van der Waals surface area contributed by atoms with Crippen molar-refractivity contribution in [3.05, 3.63) is 53.3 Å². The summed E-state index contributed by atoms with van der Waals surface area (Å²) in [4.78, 5) is 10.3. The highest BCUT2D eigenvalue weighted by Gasteiger charge is 2.03. The molecule has 0 N–H and O–H groups in total. The van der Waals surface area contributed by atoms with E-state index < -0.39 is 0 Å². The van der Waals surface area contributed by atoms with Gasteiger partial charge in [0.15, 0.2) is 0 Å². The molecular formula is C14H15NO2. The molecule has 0 aliphatic heterocycles. The van der Waals surface area contributed by atoms with Gasteiger partial charge in [0.1, 0.15) is 5.75 Å². The highest BCUT2D eigenvalue weighted by atomic mass is 16.5. The summed E-state index contributed by atoms with van der Waals surface area (Å²) in [5.41, 5.74) is 3.55. The third-order valence-electron chi connectivity index (χ3n) is 2.74. The van der Waals surface area contributed by atoms with Crippen LogP contribution in [0.1, 0.15) is 16.8 Å². The quantitative estimate of drug-likeness (QED) is 0.755. The molecule has 0 saturated heterocycles. The lowest BCUT2D eigenvalue weighted by Crippen LogP contribution is -1.99. The van der Waals surface area contributed by atoms with Crippen molar-refractivity contribution in [3.63, 3.8) is 0 Å². The van der Waals surface area contributed by atoms with E-state index in [0.717, 1.165) is 12.2 Å². The summed E-state index contributed by atoms with van der Waals surface area (Å²) in [5.74, 6) is 0.588. The van der Waals surface area contributed by atoms with E-state index in [4.69, 9.17) is 4.74 Å². The molecule has 1 aromatic heterocycles. The van der Waals surface area contributed by atoms with Gasteiger partial charge in [0.05, 0.1) is 0 Å². The van der Waals surface area contributed by atoms with Crippen molar-refractivity contribution in [2.45, 2.75) is 20.4 Å². The van der Waals surface area contributed by atoms with Crippen LogP contribution >= 0.6 is 0 Å². The number of benzene rings is 1. The topological polar surface area (TPSA) is 31.2 Å². The predicted molar refractivity (Wildman–Crippen MR) is 66.1 cm³/mol. The lowest BCUT2D eigenvalue weighted by molar-refractivity contribution is -0.120. The maximum atomic E-state index is 10.3. The molecule has 0 spiro atoms. The molecule has 1 heterocycles. The zero-order chi connectivity index (χ0) is 12.3. The van der Waals surface area contributed by atoms with Crippen molar-refractivity contribution in [1.29, 1.82) is 0 Å². The minimum Gasteiger partial charge on any atom is -0.427 e. The van der Waals surface area contributed by atoms with Crippen LogP contribution in [0.3, 0.4) is 0 Å². The van der Waals surface area contributed by atoms with Crippen LogP contribution in [-0.4, -0.2) is 11.0 Å². The average Bonchev–Trinajstić information content (AvgIpc) is 2.63. The number of hydrogen-bond donors (Lipinski definition) is 0. The van der Waals surface area contributed by atoms with Gasteiger partial charge in [0, 0.05) is 24.5 Å². The Bertz CT molecular complexity index is 512. The molecule has 0 bridgehead atoms. The summed E-state index contributed by atoms with van der Waals surface area (Å²) < 4.78 is 6.88. The van der Waals surface area contributed by atoms with Crippen LogP contribution in [0.4, 0.5) is 0 Å². The number of ether oxygens (including phenoxy) is 1. The van der Waals surface area contributed by atoms with Gasteiger partial charge in [0.25, 0.3) is 6.47 Å². The lowest BCUT2D eigenvalue weighted by Gasteiger charge is -2.06. The maximum Gasteiger partial charge on any atom is 0.298 e. The van der Waals surface area contributed by atoms with E-state index in [9.17, 15) is 4.79 Å². The molecule has 0 aliphatic rings. The molecule has 0 amide bonds. The molecule has 3 nitrogen and oxygen atoms in total. The first-order chi connectivity index (χ1) is 8.19. The molecule has 2 rings (SSSR count). The van der Waals surface area contributed by atoms with E-state index in [2.05, 4.69) is 35.8 Å². The second kappa shape index (κ2) is 4.87. The van der Waals surface area contributed by atoms with E-state index in [1.807, 2.05) is 19.2 Å². The fourth-order valence-electron chi connectivity index (χ4n) is 1.76. The SMILES string of the molecule is Cc1ccc(Cn2cc(OC=O)cc2C)cc1. The van der Waals surface area contributed by atoms with Gasteiger partial charge in [-0.1, -0.05) is 29.8 Å². The van der Waals surface area contributed by atoms with Crippen LogP contribution in [0.25, 0.3) is 0 Å². The van der Waals surface area contributed by atoms with Gasteiger partial charge in [0.2, 0.25) is 0 Å². The Kier molecular flexibility index (Phi) is 3.28. The minimum absolute atomic E-state index is 0.449. The Balaban J connectivity index is 2.17. The molecule has 0 unspecified atom stereocenters. The van der Waals surface area contributed by atoms with Crippen molar-refractivity contribution in [2.75, 3.05) is 0 Å². The molecule has 0 radical (unpaired) electrons. The van der Waals surface area contributed by atoms with Crippen molar-refractivity contribution in [1.82, 2.24) is 4.57 Å². The number of aromatic nitrogens is 1. The molecule has 0 fully saturated rings. The molecule has 2 aromatic rings. The van der Waals surface area contributed by atoms with Crippen molar-refractivity contribution in [3.8, 4) is 5.75 Å². The Labute approximate surface area is 101 Å². The van der Waals surface area contributed by atoms with Gasteiger partial charge >= 0.3 is 0 Å². The van der Waals surface area contributed by atoms with Gasteiger partial charge in [-0.05, 0) is 19.4 Å². The molecule has 17 heavy (non-hydrogen) atoms. The lowest BCUT2D eigenvalue weighted by atomic mass is 10.1. The van der Waals surface area contributed by atoms with Crippen LogP contribution in [0.2, 0.25) is 0 Å². The third-order valence-corrected chi connectivity index (χ3v) is 2.74. The van der Waals surface area contributed by atoms with E-state index in [-0.39, 0.29) is 0 Å². The smallest absolute Gasteiger partial charge is 0.298 e. The van der Waals surface area contributed by atoms with E-state index in [1.54, 1.807) is 0 Å². The fourth-order valence-corrected chi connectivity index (χ4v) is 1.76. The Morgan fingerprint density at radius 3 is 2.59 bits per heavy atom. The molecular weight excluding hydrogens is 214 g/mol. The molecule has 88 valence electrons. The van der Waals surface area contributed by atoms with Crippen molar-refractivity contribution < 1.29 is 9.53 Å². The minimum atomic E-state index is 0.449. The summed E-state index contributed by atoms with van der Waals surface area (Å²) in [6, 6.07) is 10.3. The van der Waals surface area contributed by atoms with Crippen LogP contribution in [-0.2, 0) is 11.3 Å². The normalized spacial score (nSPS) is 10.2. The Morgan fingerprint density at radius 1 is 1.24 bits per heavy atom. The van der Waals surface area contributed by atoms with Gasteiger partial charge < -0.3 is 9.30 Å². The van der Waals surface area contributed by atoms with E-state index >= 15 is 0 Å². The fraction of sp³-hybridized carbons (Fsp3) is 0.214. The third kappa shape index (κ3) is 2.75. The average molecular weight is 229 g/mol. The second-order valence-corrected chi connectivity index (χ2v) is 4.14. The van der Waals surface area contributed by atoms with Gasteiger partial charge in [-0.2, -0.15) is 0 Å². The summed E-state index contributed by atoms with van der Waals surface area (Å²) in [6.07, 6.45) is 1.84. The number of aryl methyl sites for hydroxylation is 2. The number of hydrogen-bond acceptors (Lipinski definition) is 2. The molecule has 0 aliphatic carbocycles. The standard InChI is InChI=1S/C14H15NO2/c1-11-3-5-13(6-4-11)8-15-9-14(17-10-16)7-12(15)2/h3-7,9-10H,8H2,1-2H3. The number of carbonyl (C=O) groups is 1. The first-order valence-electron chi connectivity index (χ1n) is 5.51. The van der Waals surface area contributed by atoms with Crippen LogP contribution in [0, 0.1) is 13.8 Å². The maximum absolute atomic E-state index is 10.3. The highest BCUT2D eigenvalue weighted by molar-refractivity contribution is 5.45. The summed E-state index contributed by atoms with van der Waals surface area (Å²) in [7, 11) is 0. The Morgan fingerprint density at radius 2 is 1.94 bits per heavy atom. The number of rotatable bonds is 4. The predicted octanol–water partition coefficient (Wildman–Crippen LogP) is 2.69. The zero-order valence-electron chi connectivity index (χ0n) is 10.0. The number of nitrogens with zero attached hydrogens (tertiary/aromatic N) is 1. The zero-order valence-corrected chi connectivity index (χ0v) is 10.0. The largest absolute Gasteiger partial charge is 0.427 e. The van der Waals surface area contributed by atoms with E-state index in [0.29, 0.717) is 12.2 Å². The second-order valence-electron chi connectivity index (χ2n) is 4.14. The van der Waals surface area contributed by atoms with Crippen LogP contribution in [0.15, 0.2) is 36.5 Å². The first kappa shape index (κ1) is 11.5. The van der Waals surface area contributed by atoms with E-state index in [1.165, 1.54) is 11.1 Å². The molecule has 1 aromatic carbocycles. The van der Waals surface area contributed by atoms with Crippen LogP contribution in [0.5, 0.6) is 5.75 Å². The Hall–Kier alpha value is -2.03. The van der Waals surface area contributed by atoms with Crippen LogP contribution < -0.4 is 4.74 Å². The van der Waals surface area contributed by atoms with Gasteiger partial charge in [-0.15, -0.1) is 0 Å². The highest BCUT2D eigenvalue weighted by Crippen LogP contribution is 2.17. The van der Waals surface area contributed by atoms with Crippen molar-refractivity contribution >= 4 is 6.47 Å². The summed E-state index contributed by atoms with van der Waals surface area (Å²) in [5, 5.41) is 0. The monoisotopic (exact) mass is 229 g/mol. The summed E-state index contributed by atoms with van der Waals surface area (Å²) >= 11 is 0. The van der Waals surface area contributed by atoms with Gasteiger partial charge in [-0.25, -0.2) is 0 Å². The first-order valence-corrected chi connectivity index (χ1v) is 5.51. The summed E-state index contributed by atoms with van der Waals surface area (Å²) in [6.45, 7) is 5.30. The van der Waals surface area contributed by atoms with Gasteiger partial charge in [-0.3, -0.25) is 4.79 Å². The van der Waals surface area contributed by atoms with Crippen molar-refractivity contribution in [2.24, 2.45) is 0 Å².